The smallest absolute Gasteiger partial charge is 0.344 e. The maximum absolute atomic E-state index is 13.2. The van der Waals surface area contributed by atoms with Gasteiger partial charge in [-0.1, -0.05) is 45.7 Å². The largest absolute Gasteiger partial charge is 0.479 e. The standard InChI is InChI=1S/C22H21Br2N3O4/c1-4-12(2)20-26-18-7-5-16(24)10-17(18)21(28)27(20)25-11-14-9-15(23)6-8-19(14)31-13(3)22(29)30/h5-13H,4H2,1-3H3,(H,29,30)/t12-,13-/m1/s1. The number of aromatic nitrogens is 2. The van der Waals surface area contributed by atoms with Crippen molar-refractivity contribution in [3.8, 4) is 5.75 Å². The van der Waals surface area contributed by atoms with Crippen LogP contribution in [-0.2, 0) is 4.79 Å². The second-order valence-electron chi connectivity index (χ2n) is 7.08. The number of hydrogen-bond donors (Lipinski definition) is 1. The van der Waals surface area contributed by atoms with Gasteiger partial charge in [-0.3, -0.25) is 4.79 Å². The highest BCUT2D eigenvalue weighted by Gasteiger charge is 2.17. The van der Waals surface area contributed by atoms with Crippen molar-refractivity contribution in [3.63, 3.8) is 0 Å². The first kappa shape index (κ1) is 23.1. The fraction of sp³-hybridized carbons (Fsp3) is 0.273. The molecule has 3 rings (SSSR count). The molecule has 0 aliphatic rings. The molecular weight excluding hydrogens is 530 g/mol. The Balaban J connectivity index is 2.15. The summed E-state index contributed by atoms with van der Waals surface area (Å²) in [7, 11) is 0. The summed E-state index contributed by atoms with van der Waals surface area (Å²) in [5, 5.41) is 14.0. The van der Waals surface area contributed by atoms with E-state index in [4.69, 9.17) is 9.84 Å². The molecule has 7 nitrogen and oxygen atoms in total. The lowest BCUT2D eigenvalue weighted by molar-refractivity contribution is -0.144. The summed E-state index contributed by atoms with van der Waals surface area (Å²) in [6.45, 7) is 5.45. The minimum atomic E-state index is -1.08. The molecule has 0 spiro atoms. The molecule has 3 aromatic rings. The van der Waals surface area contributed by atoms with Crippen molar-refractivity contribution in [2.75, 3.05) is 0 Å². The van der Waals surface area contributed by atoms with Crippen LogP contribution in [0.25, 0.3) is 10.9 Å². The monoisotopic (exact) mass is 549 g/mol. The van der Waals surface area contributed by atoms with Crippen LogP contribution in [0.3, 0.4) is 0 Å². The molecular formula is C22H21Br2N3O4. The van der Waals surface area contributed by atoms with Crippen molar-refractivity contribution in [3.05, 3.63) is 67.1 Å². The second-order valence-corrected chi connectivity index (χ2v) is 8.91. The van der Waals surface area contributed by atoms with Crippen molar-refractivity contribution in [2.45, 2.75) is 39.2 Å². The number of benzene rings is 2. The predicted octanol–water partition coefficient (Wildman–Crippen LogP) is 5.17. The lowest BCUT2D eigenvalue weighted by Crippen LogP contribution is -2.24. The Kier molecular flexibility index (Phi) is 7.27. The Bertz CT molecular complexity index is 1220. The summed E-state index contributed by atoms with van der Waals surface area (Å²) < 4.78 is 8.38. The van der Waals surface area contributed by atoms with Crippen LogP contribution in [0.2, 0.25) is 0 Å². The van der Waals surface area contributed by atoms with E-state index in [1.54, 1.807) is 30.3 Å². The molecule has 9 heteroatoms. The first-order valence-electron chi connectivity index (χ1n) is 9.66. The summed E-state index contributed by atoms with van der Waals surface area (Å²) in [6, 6.07) is 10.5. The van der Waals surface area contributed by atoms with E-state index in [1.165, 1.54) is 17.8 Å². The predicted molar refractivity (Wildman–Crippen MR) is 127 cm³/mol. The van der Waals surface area contributed by atoms with Gasteiger partial charge in [0.1, 0.15) is 11.6 Å². The SMILES string of the molecule is CC[C@@H](C)c1nc2ccc(Br)cc2c(=O)n1N=Cc1cc(Br)ccc1O[C@H](C)C(=O)O. The molecule has 31 heavy (non-hydrogen) atoms. The number of ether oxygens (including phenoxy) is 1. The van der Waals surface area contributed by atoms with Crippen molar-refractivity contribution >= 4 is 54.9 Å². The van der Waals surface area contributed by atoms with Crippen LogP contribution in [0.5, 0.6) is 5.75 Å². The summed E-state index contributed by atoms with van der Waals surface area (Å²) >= 11 is 6.80. The number of nitrogens with zero attached hydrogens (tertiary/aromatic N) is 3. The fourth-order valence-corrected chi connectivity index (χ4v) is 3.61. The second kappa shape index (κ2) is 9.74. The first-order chi connectivity index (χ1) is 14.7. The van der Waals surface area contributed by atoms with Gasteiger partial charge >= 0.3 is 5.97 Å². The molecule has 0 unspecified atom stereocenters. The Hall–Kier alpha value is -2.52. The molecule has 0 radical (unpaired) electrons. The quantitative estimate of drug-likeness (QED) is 0.410. The zero-order valence-corrected chi connectivity index (χ0v) is 20.3. The molecule has 162 valence electrons. The number of carboxylic acids is 1. The average Bonchev–Trinajstić information content (AvgIpc) is 2.74. The number of rotatable bonds is 7. The van der Waals surface area contributed by atoms with E-state index in [1.807, 2.05) is 19.9 Å². The number of aliphatic carboxylic acids is 1. The highest BCUT2D eigenvalue weighted by Crippen LogP contribution is 2.24. The minimum Gasteiger partial charge on any atom is -0.479 e. The van der Waals surface area contributed by atoms with Gasteiger partial charge in [0.25, 0.3) is 5.56 Å². The van der Waals surface area contributed by atoms with Crippen molar-refractivity contribution in [1.82, 2.24) is 9.66 Å². The van der Waals surface area contributed by atoms with Gasteiger partial charge in [0.2, 0.25) is 0 Å². The molecule has 0 saturated carbocycles. The van der Waals surface area contributed by atoms with Crippen LogP contribution in [0.4, 0.5) is 0 Å². The molecule has 2 atom stereocenters. The molecule has 0 fully saturated rings. The maximum Gasteiger partial charge on any atom is 0.344 e. The zero-order valence-electron chi connectivity index (χ0n) is 17.2. The third-order valence-corrected chi connectivity index (χ3v) is 5.81. The Morgan fingerprint density at radius 1 is 1.23 bits per heavy atom. The highest BCUT2D eigenvalue weighted by molar-refractivity contribution is 9.10. The molecule has 1 N–H and O–H groups in total. The topological polar surface area (TPSA) is 93.8 Å². The van der Waals surface area contributed by atoms with E-state index < -0.39 is 12.1 Å². The molecule has 0 amide bonds. The van der Waals surface area contributed by atoms with Crippen LogP contribution >= 0.6 is 31.9 Å². The van der Waals surface area contributed by atoms with Gasteiger partial charge in [0.05, 0.1) is 17.1 Å². The minimum absolute atomic E-state index is 0.00293. The lowest BCUT2D eigenvalue weighted by atomic mass is 10.1. The third kappa shape index (κ3) is 5.22. The van der Waals surface area contributed by atoms with Gasteiger partial charge in [-0.15, -0.1) is 0 Å². The molecule has 1 aromatic heterocycles. The molecule has 0 aliphatic carbocycles. The van der Waals surface area contributed by atoms with E-state index in [0.717, 1.165) is 15.4 Å². The number of hydrogen-bond acceptors (Lipinski definition) is 5. The van der Waals surface area contributed by atoms with E-state index >= 15 is 0 Å². The molecule has 0 saturated heterocycles. The van der Waals surface area contributed by atoms with Crippen LogP contribution in [0, 0.1) is 0 Å². The highest BCUT2D eigenvalue weighted by atomic mass is 79.9. The van der Waals surface area contributed by atoms with Gasteiger partial charge in [-0.25, -0.2) is 9.78 Å². The molecule has 0 aliphatic heterocycles. The normalized spacial score (nSPS) is 13.5. The Morgan fingerprint density at radius 3 is 2.58 bits per heavy atom. The van der Waals surface area contributed by atoms with Crippen LogP contribution in [-0.4, -0.2) is 33.1 Å². The first-order valence-corrected chi connectivity index (χ1v) is 11.3. The van der Waals surface area contributed by atoms with Crippen molar-refractivity contribution < 1.29 is 14.6 Å². The maximum atomic E-state index is 13.2. The summed E-state index contributed by atoms with van der Waals surface area (Å²) in [5.41, 5.74) is 0.852. The van der Waals surface area contributed by atoms with Gasteiger partial charge in [0.15, 0.2) is 6.10 Å². The number of carboxylic acid groups (broad SMARTS) is 1. The lowest BCUT2D eigenvalue weighted by Gasteiger charge is -2.15. The zero-order chi connectivity index (χ0) is 22.7. The Labute approximate surface area is 196 Å². The number of carbonyl (C=O) groups is 1. The summed E-state index contributed by atoms with van der Waals surface area (Å²) in [4.78, 5) is 29.1. The molecule has 1 heterocycles. The molecule has 2 aromatic carbocycles. The van der Waals surface area contributed by atoms with Gasteiger partial charge in [0, 0.05) is 20.4 Å². The van der Waals surface area contributed by atoms with Crippen LogP contribution in [0.1, 0.15) is 44.5 Å². The van der Waals surface area contributed by atoms with E-state index in [9.17, 15) is 9.59 Å². The van der Waals surface area contributed by atoms with E-state index in [-0.39, 0.29) is 11.5 Å². The summed E-state index contributed by atoms with van der Waals surface area (Å²) in [5.74, 6) is -0.181. The fourth-order valence-electron chi connectivity index (χ4n) is 2.87. The third-order valence-electron chi connectivity index (χ3n) is 4.82. The van der Waals surface area contributed by atoms with Crippen molar-refractivity contribution in [2.24, 2.45) is 5.10 Å². The number of halogens is 2. The average molecular weight is 551 g/mol. The van der Waals surface area contributed by atoms with Crippen molar-refractivity contribution in [1.29, 1.82) is 0 Å². The van der Waals surface area contributed by atoms with Crippen LogP contribution < -0.4 is 10.3 Å². The van der Waals surface area contributed by atoms with Gasteiger partial charge in [-0.05, 0) is 49.7 Å². The summed E-state index contributed by atoms with van der Waals surface area (Å²) in [6.07, 6.45) is 1.23. The van der Waals surface area contributed by atoms with Gasteiger partial charge in [-0.2, -0.15) is 9.78 Å². The van der Waals surface area contributed by atoms with Crippen LogP contribution in [0.15, 0.2) is 55.2 Å². The van der Waals surface area contributed by atoms with Gasteiger partial charge < -0.3 is 9.84 Å². The Morgan fingerprint density at radius 2 is 1.90 bits per heavy atom. The number of fused-ring (bicyclic) bond motifs is 1. The van der Waals surface area contributed by atoms with E-state index in [0.29, 0.717) is 28.0 Å². The van der Waals surface area contributed by atoms with E-state index in [2.05, 4.69) is 41.9 Å². The molecule has 0 bridgehead atoms.